The van der Waals surface area contributed by atoms with E-state index in [1.807, 2.05) is 30.3 Å². The van der Waals surface area contributed by atoms with Gasteiger partial charge in [0.25, 0.3) is 0 Å². The number of rotatable bonds is 7. The first-order valence-corrected chi connectivity index (χ1v) is 9.52. The van der Waals surface area contributed by atoms with Gasteiger partial charge in [0, 0.05) is 6.54 Å². The third-order valence-corrected chi connectivity index (χ3v) is 4.84. The number of amides is 2. The van der Waals surface area contributed by atoms with Crippen LogP contribution in [0.25, 0.3) is 0 Å². The van der Waals surface area contributed by atoms with E-state index in [0.29, 0.717) is 31.2 Å². The number of nitrogens with one attached hydrogen (secondary N) is 1. The molecule has 7 nitrogen and oxygen atoms in total. The molecule has 1 aliphatic rings. The van der Waals surface area contributed by atoms with Crippen molar-refractivity contribution >= 4 is 11.8 Å². The molecule has 29 heavy (non-hydrogen) atoms. The van der Waals surface area contributed by atoms with Gasteiger partial charge in [-0.2, -0.15) is 0 Å². The summed E-state index contributed by atoms with van der Waals surface area (Å²) in [6, 6.07) is 15.1. The summed E-state index contributed by atoms with van der Waals surface area (Å²) in [7, 11) is 3.11. The van der Waals surface area contributed by atoms with Gasteiger partial charge in [0.2, 0.25) is 11.8 Å². The van der Waals surface area contributed by atoms with E-state index in [-0.39, 0.29) is 30.9 Å². The predicted molar refractivity (Wildman–Crippen MR) is 108 cm³/mol. The lowest BCUT2D eigenvalue weighted by atomic mass is 10.1. The van der Waals surface area contributed by atoms with Crippen LogP contribution in [0.1, 0.15) is 17.2 Å². The van der Waals surface area contributed by atoms with Gasteiger partial charge in [-0.25, -0.2) is 0 Å². The molecule has 1 aliphatic heterocycles. The highest BCUT2D eigenvalue weighted by Gasteiger charge is 2.25. The summed E-state index contributed by atoms with van der Waals surface area (Å²) in [5.74, 6) is 0.828. The summed E-state index contributed by atoms with van der Waals surface area (Å²) in [4.78, 5) is 26.5. The van der Waals surface area contributed by atoms with Crippen LogP contribution in [-0.4, -0.2) is 57.2 Å². The number of methoxy groups -OCH3 is 2. The van der Waals surface area contributed by atoms with Crippen molar-refractivity contribution in [2.75, 3.05) is 40.5 Å². The summed E-state index contributed by atoms with van der Waals surface area (Å²) in [5, 5.41) is 2.71. The van der Waals surface area contributed by atoms with E-state index < -0.39 is 0 Å². The summed E-state index contributed by atoms with van der Waals surface area (Å²) < 4.78 is 16.2. The van der Waals surface area contributed by atoms with Gasteiger partial charge < -0.3 is 24.4 Å². The molecule has 3 rings (SSSR count). The van der Waals surface area contributed by atoms with Crippen LogP contribution in [-0.2, 0) is 20.7 Å². The zero-order valence-electron chi connectivity index (χ0n) is 16.7. The van der Waals surface area contributed by atoms with Crippen LogP contribution in [0, 0.1) is 0 Å². The Hall–Kier alpha value is -3.06. The molecule has 0 saturated carbocycles. The van der Waals surface area contributed by atoms with Crippen molar-refractivity contribution in [3.05, 3.63) is 59.7 Å². The number of nitrogens with zero attached hydrogens (tertiary/aromatic N) is 1. The molecule has 154 valence electrons. The van der Waals surface area contributed by atoms with Gasteiger partial charge in [0.15, 0.2) is 11.5 Å². The Labute approximate surface area is 170 Å². The van der Waals surface area contributed by atoms with Crippen LogP contribution in [0.5, 0.6) is 11.5 Å². The first-order chi connectivity index (χ1) is 14.1. The van der Waals surface area contributed by atoms with E-state index in [1.54, 1.807) is 37.3 Å². The minimum absolute atomic E-state index is 0.0341. The molecular weight excluding hydrogens is 372 g/mol. The fourth-order valence-corrected chi connectivity index (χ4v) is 3.27. The molecule has 0 unspecified atom stereocenters. The maximum Gasteiger partial charge on any atom is 0.242 e. The van der Waals surface area contributed by atoms with Crippen LogP contribution < -0.4 is 14.8 Å². The molecule has 0 spiro atoms. The van der Waals surface area contributed by atoms with Gasteiger partial charge in [-0.15, -0.1) is 0 Å². The lowest BCUT2D eigenvalue weighted by Gasteiger charge is -2.33. The van der Waals surface area contributed by atoms with E-state index in [1.165, 1.54) is 0 Å². The molecule has 0 aliphatic carbocycles. The quantitative estimate of drug-likeness (QED) is 0.772. The average molecular weight is 398 g/mol. The van der Waals surface area contributed by atoms with Gasteiger partial charge in [-0.3, -0.25) is 9.59 Å². The van der Waals surface area contributed by atoms with Crippen LogP contribution in [0.3, 0.4) is 0 Å². The second-order valence-corrected chi connectivity index (χ2v) is 6.75. The highest BCUT2D eigenvalue weighted by Crippen LogP contribution is 2.27. The highest BCUT2D eigenvalue weighted by molar-refractivity contribution is 5.86. The van der Waals surface area contributed by atoms with Gasteiger partial charge in [-0.05, 0) is 23.3 Å². The van der Waals surface area contributed by atoms with Crippen LogP contribution >= 0.6 is 0 Å². The number of morpholine rings is 1. The second kappa shape index (κ2) is 9.93. The highest BCUT2D eigenvalue weighted by atomic mass is 16.5. The van der Waals surface area contributed by atoms with Crippen molar-refractivity contribution in [1.82, 2.24) is 10.2 Å². The van der Waals surface area contributed by atoms with E-state index in [2.05, 4.69) is 5.32 Å². The van der Waals surface area contributed by atoms with Gasteiger partial charge >= 0.3 is 0 Å². The van der Waals surface area contributed by atoms with Crippen molar-refractivity contribution in [2.45, 2.75) is 12.5 Å². The maximum absolute atomic E-state index is 12.5. The van der Waals surface area contributed by atoms with Gasteiger partial charge in [-0.1, -0.05) is 36.4 Å². The maximum atomic E-state index is 12.5. The van der Waals surface area contributed by atoms with E-state index in [0.717, 1.165) is 11.1 Å². The minimum atomic E-state index is -0.224. The predicted octanol–water partition coefficient (Wildman–Crippen LogP) is 1.96. The third-order valence-electron chi connectivity index (χ3n) is 4.84. The standard InChI is InChI=1S/C22H26N2O5/c1-27-18-9-8-16(12-19(18)28-2)13-21(25)23-14-22(26)24-10-11-29-20(15-24)17-6-4-3-5-7-17/h3-9,12,20H,10-11,13-15H2,1-2H3,(H,23,25)/t20-/m0/s1. The summed E-state index contributed by atoms with van der Waals surface area (Å²) in [6.45, 7) is 1.45. The van der Waals surface area contributed by atoms with Crippen molar-refractivity contribution < 1.29 is 23.8 Å². The second-order valence-electron chi connectivity index (χ2n) is 6.75. The largest absolute Gasteiger partial charge is 0.493 e. The Morgan fingerprint density at radius 2 is 1.86 bits per heavy atom. The average Bonchev–Trinajstić information content (AvgIpc) is 2.78. The monoisotopic (exact) mass is 398 g/mol. The molecule has 2 aromatic rings. The molecular formula is C22H26N2O5. The SMILES string of the molecule is COc1ccc(CC(=O)NCC(=O)N2CCO[C@H](c3ccccc3)C2)cc1OC. The summed E-state index contributed by atoms with van der Waals surface area (Å²) >= 11 is 0. The molecule has 0 radical (unpaired) electrons. The molecule has 0 aromatic heterocycles. The lowest BCUT2D eigenvalue weighted by Crippen LogP contribution is -2.46. The number of carbonyl (C=O) groups is 2. The van der Waals surface area contributed by atoms with Crippen LogP contribution in [0.2, 0.25) is 0 Å². The topological polar surface area (TPSA) is 77.1 Å². The molecule has 1 N–H and O–H groups in total. The van der Waals surface area contributed by atoms with E-state index >= 15 is 0 Å². The van der Waals surface area contributed by atoms with Gasteiger partial charge in [0.1, 0.15) is 6.10 Å². The molecule has 0 bridgehead atoms. The Morgan fingerprint density at radius 3 is 2.59 bits per heavy atom. The lowest BCUT2D eigenvalue weighted by molar-refractivity contribution is -0.139. The Kier molecular flexibility index (Phi) is 7.08. The molecule has 2 aromatic carbocycles. The first kappa shape index (κ1) is 20.7. The number of hydrogen-bond donors (Lipinski definition) is 1. The fraction of sp³-hybridized carbons (Fsp3) is 0.364. The molecule has 1 heterocycles. The number of benzene rings is 2. The van der Waals surface area contributed by atoms with Crippen molar-refractivity contribution in [3.8, 4) is 11.5 Å². The fourth-order valence-electron chi connectivity index (χ4n) is 3.27. The van der Waals surface area contributed by atoms with Crippen molar-refractivity contribution in [3.63, 3.8) is 0 Å². The molecule has 1 saturated heterocycles. The van der Waals surface area contributed by atoms with E-state index in [9.17, 15) is 9.59 Å². The number of hydrogen-bond acceptors (Lipinski definition) is 5. The van der Waals surface area contributed by atoms with Gasteiger partial charge in [0.05, 0.1) is 40.3 Å². The van der Waals surface area contributed by atoms with Crippen LogP contribution in [0.15, 0.2) is 48.5 Å². The zero-order valence-corrected chi connectivity index (χ0v) is 16.7. The molecule has 2 amide bonds. The molecule has 1 atom stereocenters. The molecule has 7 heteroatoms. The molecule has 1 fully saturated rings. The summed E-state index contributed by atoms with van der Waals surface area (Å²) in [6.07, 6.45) is 0.0139. The Bertz CT molecular complexity index is 840. The smallest absolute Gasteiger partial charge is 0.242 e. The Morgan fingerprint density at radius 1 is 1.10 bits per heavy atom. The minimum Gasteiger partial charge on any atom is -0.493 e. The Balaban J connectivity index is 1.50. The number of carbonyl (C=O) groups excluding carboxylic acids is 2. The summed E-state index contributed by atoms with van der Waals surface area (Å²) in [5.41, 5.74) is 1.82. The third kappa shape index (κ3) is 5.48. The zero-order chi connectivity index (χ0) is 20.6. The normalized spacial score (nSPS) is 16.2. The first-order valence-electron chi connectivity index (χ1n) is 9.52. The van der Waals surface area contributed by atoms with Crippen LogP contribution in [0.4, 0.5) is 0 Å². The number of ether oxygens (including phenoxy) is 3. The van der Waals surface area contributed by atoms with Crippen molar-refractivity contribution in [2.24, 2.45) is 0 Å². The van der Waals surface area contributed by atoms with E-state index in [4.69, 9.17) is 14.2 Å². The van der Waals surface area contributed by atoms with Crippen molar-refractivity contribution in [1.29, 1.82) is 0 Å².